The van der Waals surface area contributed by atoms with E-state index in [4.69, 9.17) is 0 Å². The summed E-state index contributed by atoms with van der Waals surface area (Å²) in [6.45, 7) is 8.16. The smallest absolute Gasteiger partial charge is 0.244 e. The topological polar surface area (TPSA) is 96.2 Å². The van der Waals surface area contributed by atoms with Gasteiger partial charge in [0.05, 0.1) is 23.5 Å². The molecule has 0 amide bonds. The Morgan fingerprint density at radius 1 is 1.32 bits per heavy atom. The highest BCUT2D eigenvalue weighted by atomic mass is 35.5. The van der Waals surface area contributed by atoms with Crippen molar-refractivity contribution < 1.29 is 13.5 Å². The van der Waals surface area contributed by atoms with Gasteiger partial charge in [-0.05, 0) is 27.7 Å². The van der Waals surface area contributed by atoms with Gasteiger partial charge in [-0.3, -0.25) is 4.68 Å². The van der Waals surface area contributed by atoms with Crippen LogP contribution in [0, 0.1) is 13.8 Å². The Labute approximate surface area is 143 Å². The lowest BCUT2D eigenvalue weighted by molar-refractivity contribution is 0.172. The summed E-state index contributed by atoms with van der Waals surface area (Å²) in [6, 6.07) is -0.405. The fourth-order valence-electron chi connectivity index (χ4n) is 2.58. The summed E-state index contributed by atoms with van der Waals surface area (Å²) in [6.07, 6.45) is -0.703. The van der Waals surface area contributed by atoms with Crippen LogP contribution in [0.25, 0.3) is 0 Å². The lowest BCUT2D eigenvalue weighted by Crippen LogP contribution is -2.42. The Kier molecular flexibility index (Phi) is 7.80. The number of nitrogens with zero attached hydrogens (tertiary/aromatic N) is 2. The molecule has 0 spiro atoms. The first-order valence-electron chi connectivity index (χ1n) is 6.71. The van der Waals surface area contributed by atoms with E-state index in [1.165, 1.54) is 0 Å². The molecule has 1 aromatic heterocycles. The van der Waals surface area contributed by atoms with Crippen molar-refractivity contribution in [3.8, 4) is 0 Å². The van der Waals surface area contributed by atoms with Gasteiger partial charge in [0.1, 0.15) is 4.90 Å². The summed E-state index contributed by atoms with van der Waals surface area (Å²) in [5, 5.41) is 17.0. The molecule has 3 N–H and O–H groups in total. The number of aliphatic hydroxyl groups is 1. The van der Waals surface area contributed by atoms with Crippen LogP contribution < -0.4 is 10.0 Å². The van der Waals surface area contributed by atoms with E-state index < -0.39 is 22.2 Å². The van der Waals surface area contributed by atoms with Gasteiger partial charge in [0.15, 0.2) is 0 Å². The van der Waals surface area contributed by atoms with Crippen molar-refractivity contribution in [2.75, 3.05) is 13.1 Å². The molecule has 2 rings (SSSR count). The number of hydrogen-bond donors (Lipinski definition) is 3. The normalized spacial score (nSPS) is 21.5. The highest BCUT2D eigenvalue weighted by molar-refractivity contribution is 7.89. The van der Waals surface area contributed by atoms with E-state index in [2.05, 4.69) is 15.1 Å². The highest BCUT2D eigenvalue weighted by Crippen LogP contribution is 2.22. The van der Waals surface area contributed by atoms with Crippen molar-refractivity contribution in [3.63, 3.8) is 0 Å². The van der Waals surface area contributed by atoms with Gasteiger partial charge in [-0.15, -0.1) is 24.8 Å². The number of β-amino-alcohol motifs (C(OH)–C–C–N with tert-alkyl or cyclic N) is 1. The predicted octanol–water partition coefficient (Wildman–Crippen LogP) is 0.535. The molecule has 1 aromatic rings. The zero-order valence-electron chi connectivity index (χ0n) is 13.0. The molecular formula is C12H24Cl2N4O3S. The number of aryl methyl sites for hydroxylation is 1. The number of aliphatic hydroxyl groups excluding tert-OH is 1. The summed E-state index contributed by atoms with van der Waals surface area (Å²) in [5.41, 5.74) is 1.09. The standard InChI is InChI=1S/C12H22N4O3S.2ClH/c1-7(2)16-9(4)12(8(3)14-16)20(18,19)15-10-5-13-6-11(10)17;;/h7,10-11,13,15,17H,5-6H2,1-4H3;2*1H/t10-,11-;;/m1../s1. The van der Waals surface area contributed by atoms with Gasteiger partial charge >= 0.3 is 0 Å². The average Bonchev–Trinajstić information content (AvgIpc) is 2.83. The molecule has 22 heavy (non-hydrogen) atoms. The maximum absolute atomic E-state index is 12.5. The maximum Gasteiger partial charge on any atom is 0.244 e. The van der Waals surface area contributed by atoms with E-state index >= 15 is 0 Å². The molecule has 0 aromatic carbocycles. The minimum atomic E-state index is -3.68. The molecule has 2 heterocycles. The van der Waals surface area contributed by atoms with E-state index in [1.807, 2.05) is 13.8 Å². The summed E-state index contributed by atoms with van der Waals surface area (Å²) in [4.78, 5) is 0.213. The SMILES string of the molecule is Cc1nn(C(C)C)c(C)c1S(=O)(=O)N[C@@H]1CNC[C@H]1O.Cl.Cl. The first-order chi connectivity index (χ1) is 9.24. The van der Waals surface area contributed by atoms with E-state index in [1.54, 1.807) is 18.5 Å². The van der Waals surface area contributed by atoms with Crippen molar-refractivity contribution in [1.82, 2.24) is 19.8 Å². The second-order valence-electron chi connectivity index (χ2n) is 5.49. The molecule has 130 valence electrons. The molecule has 7 nitrogen and oxygen atoms in total. The zero-order valence-corrected chi connectivity index (χ0v) is 15.5. The van der Waals surface area contributed by atoms with Gasteiger partial charge in [0.25, 0.3) is 0 Å². The van der Waals surface area contributed by atoms with Crippen molar-refractivity contribution in [2.45, 2.75) is 50.8 Å². The van der Waals surface area contributed by atoms with Crippen molar-refractivity contribution in [2.24, 2.45) is 0 Å². The van der Waals surface area contributed by atoms with Crippen LogP contribution in [0.5, 0.6) is 0 Å². The molecule has 0 aliphatic carbocycles. The lowest BCUT2D eigenvalue weighted by Gasteiger charge is -2.16. The number of halogens is 2. The first-order valence-corrected chi connectivity index (χ1v) is 8.19. The number of hydrogen-bond acceptors (Lipinski definition) is 5. The summed E-state index contributed by atoms with van der Waals surface area (Å²) >= 11 is 0. The molecular weight excluding hydrogens is 351 g/mol. The zero-order chi connectivity index (χ0) is 15.1. The molecule has 10 heteroatoms. The van der Waals surface area contributed by atoms with Crippen LogP contribution in [-0.2, 0) is 10.0 Å². The summed E-state index contributed by atoms with van der Waals surface area (Å²) in [7, 11) is -3.68. The van der Waals surface area contributed by atoms with Crippen molar-refractivity contribution >= 4 is 34.8 Å². The minimum Gasteiger partial charge on any atom is -0.390 e. The minimum absolute atomic E-state index is 0. The van der Waals surface area contributed by atoms with E-state index in [0.29, 0.717) is 24.5 Å². The Balaban J connectivity index is 0.00000220. The molecule has 0 saturated carbocycles. The van der Waals surface area contributed by atoms with Gasteiger partial charge in [-0.2, -0.15) is 5.10 Å². The van der Waals surface area contributed by atoms with Crippen LogP contribution >= 0.6 is 24.8 Å². The van der Waals surface area contributed by atoms with E-state index in [0.717, 1.165) is 0 Å². The molecule has 1 aliphatic heterocycles. The molecule has 1 saturated heterocycles. The third-order valence-corrected chi connectivity index (χ3v) is 5.25. The van der Waals surface area contributed by atoms with Gasteiger partial charge in [-0.25, -0.2) is 13.1 Å². The Morgan fingerprint density at radius 2 is 1.91 bits per heavy atom. The van der Waals surface area contributed by atoms with Gasteiger partial charge in [-0.1, -0.05) is 0 Å². The molecule has 0 bridgehead atoms. The molecule has 0 radical (unpaired) electrons. The monoisotopic (exact) mass is 374 g/mol. The fourth-order valence-corrected chi connectivity index (χ4v) is 4.25. The van der Waals surface area contributed by atoms with Gasteiger partial charge < -0.3 is 10.4 Å². The van der Waals surface area contributed by atoms with Crippen LogP contribution in [0.1, 0.15) is 31.3 Å². The van der Waals surface area contributed by atoms with Crippen LogP contribution in [0.15, 0.2) is 4.90 Å². The van der Waals surface area contributed by atoms with E-state index in [-0.39, 0.29) is 35.8 Å². The highest BCUT2D eigenvalue weighted by Gasteiger charge is 2.32. The maximum atomic E-state index is 12.5. The lowest BCUT2D eigenvalue weighted by atomic mass is 10.2. The number of nitrogens with one attached hydrogen (secondary N) is 2. The fraction of sp³-hybridized carbons (Fsp3) is 0.750. The average molecular weight is 375 g/mol. The number of rotatable bonds is 4. The third-order valence-electron chi connectivity index (χ3n) is 3.51. The second kappa shape index (κ2) is 7.94. The number of aromatic nitrogens is 2. The third kappa shape index (κ3) is 4.12. The Morgan fingerprint density at radius 3 is 2.32 bits per heavy atom. The van der Waals surface area contributed by atoms with E-state index in [9.17, 15) is 13.5 Å². The van der Waals surface area contributed by atoms with Crippen LogP contribution in [0.4, 0.5) is 0 Å². The van der Waals surface area contributed by atoms with Crippen molar-refractivity contribution in [3.05, 3.63) is 11.4 Å². The first kappa shape index (κ1) is 21.6. The molecule has 1 fully saturated rings. The summed E-state index contributed by atoms with van der Waals surface area (Å²) in [5.74, 6) is 0. The van der Waals surface area contributed by atoms with Gasteiger partial charge in [0, 0.05) is 19.1 Å². The quantitative estimate of drug-likeness (QED) is 0.714. The van der Waals surface area contributed by atoms with Crippen LogP contribution in [0.2, 0.25) is 0 Å². The number of sulfonamides is 1. The molecule has 1 aliphatic rings. The Bertz CT molecular complexity index is 604. The largest absolute Gasteiger partial charge is 0.390 e. The predicted molar refractivity (Wildman–Crippen MR) is 89.6 cm³/mol. The second-order valence-corrected chi connectivity index (χ2v) is 7.14. The van der Waals surface area contributed by atoms with Crippen LogP contribution in [-0.4, -0.2) is 48.5 Å². The van der Waals surface area contributed by atoms with Gasteiger partial charge in [0.2, 0.25) is 10.0 Å². The molecule has 0 unspecified atom stereocenters. The molecule has 2 atom stereocenters. The van der Waals surface area contributed by atoms with Crippen LogP contribution in [0.3, 0.4) is 0 Å². The summed E-state index contributed by atoms with van der Waals surface area (Å²) < 4.78 is 29.3. The van der Waals surface area contributed by atoms with Crippen molar-refractivity contribution in [1.29, 1.82) is 0 Å². The Hall–Kier alpha value is -0.380.